The Morgan fingerprint density at radius 2 is 2.24 bits per heavy atom. The molecule has 2 aromatic rings. The lowest BCUT2D eigenvalue weighted by molar-refractivity contribution is -0.885. The number of hydrogen-bond donors (Lipinski definition) is 2. The molecule has 0 aliphatic heterocycles. The minimum atomic E-state index is -0.0938. The predicted molar refractivity (Wildman–Crippen MR) is 78.3 cm³/mol. The maximum absolute atomic E-state index is 11.9. The van der Waals surface area contributed by atoms with E-state index in [-0.39, 0.29) is 5.91 Å². The summed E-state index contributed by atoms with van der Waals surface area (Å²) in [5, 5.41) is 6.45. The fraction of sp³-hybridized carbons (Fsp3) is 0.333. The molecule has 1 aromatic carbocycles. The van der Waals surface area contributed by atoms with Gasteiger partial charge in [-0.05, 0) is 19.1 Å². The minimum Gasteiger partial charge on any atom is -0.497 e. The van der Waals surface area contributed by atoms with Crippen LogP contribution in [0.15, 0.2) is 34.9 Å². The Morgan fingerprint density at radius 1 is 1.43 bits per heavy atom. The lowest BCUT2D eigenvalue weighted by Crippen LogP contribution is -3.08. The van der Waals surface area contributed by atoms with Crippen LogP contribution in [-0.4, -0.2) is 31.8 Å². The van der Waals surface area contributed by atoms with E-state index in [0.717, 1.165) is 22.8 Å². The van der Waals surface area contributed by atoms with E-state index in [4.69, 9.17) is 9.26 Å². The highest BCUT2D eigenvalue weighted by Gasteiger charge is 2.12. The molecule has 0 saturated heterocycles. The van der Waals surface area contributed by atoms with Gasteiger partial charge in [0.1, 0.15) is 18.1 Å². The third-order valence-electron chi connectivity index (χ3n) is 3.00. The number of methoxy groups -OCH3 is 1. The van der Waals surface area contributed by atoms with Gasteiger partial charge in [-0.3, -0.25) is 4.79 Å². The van der Waals surface area contributed by atoms with Gasteiger partial charge in [0.05, 0.1) is 14.2 Å². The van der Waals surface area contributed by atoms with E-state index in [1.165, 1.54) is 0 Å². The molecular weight excluding hydrogens is 270 g/mol. The Balaban J connectivity index is 1.85. The monoisotopic (exact) mass is 290 g/mol. The average molecular weight is 290 g/mol. The van der Waals surface area contributed by atoms with E-state index in [1.54, 1.807) is 20.1 Å². The maximum Gasteiger partial charge on any atom is 0.280 e. The van der Waals surface area contributed by atoms with Crippen molar-refractivity contribution in [1.82, 2.24) is 5.16 Å². The molecule has 1 amide bonds. The molecule has 1 aromatic heterocycles. The molecule has 2 N–H and O–H groups in total. The first-order chi connectivity index (χ1) is 10.1. The Morgan fingerprint density at radius 3 is 2.90 bits per heavy atom. The van der Waals surface area contributed by atoms with E-state index >= 15 is 0 Å². The number of hydrogen-bond acceptors (Lipinski definition) is 4. The van der Waals surface area contributed by atoms with Crippen molar-refractivity contribution in [2.75, 3.05) is 26.0 Å². The number of carbonyl (C=O) groups excluding carboxylic acids is 1. The fourth-order valence-electron chi connectivity index (χ4n) is 2.08. The molecule has 0 aliphatic rings. The third kappa shape index (κ3) is 4.61. The van der Waals surface area contributed by atoms with Crippen molar-refractivity contribution in [2.45, 2.75) is 13.5 Å². The second-order valence-corrected chi connectivity index (χ2v) is 5.03. The number of nitrogens with zero attached hydrogens (tertiary/aromatic N) is 1. The second-order valence-electron chi connectivity index (χ2n) is 5.03. The number of anilines is 1. The number of ether oxygens (including phenoxy) is 1. The first-order valence-corrected chi connectivity index (χ1v) is 6.74. The maximum atomic E-state index is 11.9. The van der Waals surface area contributed by atoms with E-state index in [0.29, 0.717) is 18.1 Å². The minimum absolute atomic E-state index is 0.0938. The largest absolute Gasteiger partial charge is 0.497 e. The highest BCUT2D eigenvalue weighted by atomic mass is 16.5. The zero-order chi connectivity index (χ0) is 15.2. The van der Waals surface area contributed by atoms with Crippen LogP contribution in [0.2, 0.25) is 0 Å². The van der Waals surface area contributed by atoms with Crippen molar-refractivity contribution < 1.29 is 19.0 Å². The van der Waals surface area contributed by atoms with Gasteiger partial charge in [0.2, 0.25) is 0 Å². The highest BCUT2D eigenvalue weighted by Crippen LogP contribution is 2.11. The number of rotatable bonds is 6. The van der Waals surface area contributed by atoms with Gasteiger partial charge in [0.25, 0.3) is 5.91 Å². The van der Waals surface area contributed by atoms with Gasteiger partial charge in [-0.15, -0.1) is 0 Å². The van der Waals surface area contributed by atoms with Crippen molar-refractivity contribution in [3.8, 4) is 5.75 Å². The normalized spacial score (nSPS) is 12.0. The molecule has 1 heterocycles. The zero-order valence-electron chi connectivity index (χ0n) is 12.5. The van der Waals surface area contributed by atoms with Gasteiger partial charge in [-0.1, -0.05) is 17.3 Å². The van der Waals surface area contributed by atoms with Gasteiger partial charge >= 0.3 is 0 Å². The molecule has 6 heteroatoms. The summed E-state index contributed by atoms with van der Waals surface area (Å²) in [6.45, 7) is 2.87. The highest BCUT2D eigenvalue weighted by molar-refractivity contribution is 5.90. The lowest BCUT2D eigenvalue weighted by Gasteiger charge is -2.13. The molecule has 1 atom stereocenters. The van der Waals surface area contributed by atoms with E-state index < -0.39 is 0 Å². The SMILES string of the molecule is COc1cccc(C[NH+](C)CC(=O)Nc2cc(C)on2)c1. The van der Waals surface area contributed by atoms with Gasteiger partial charge < -0.3 is 19.5 Å². The molecule has 0 fully saturated rings. The summed E-state index contributed by atoms with van der Waals surface area (Å²) in [4.78, 5) is 13.0. The van der Waals surface area contributed by atoms with E-state index in [9.17, 15) is 4.79 Å². The van der Waals surface area contributed by atoms with Gasteiger partial charge in [0, 0.05) is 11.6 Å². The van der Waals surface area contributed by atoms with Crippen molar-refractivity contribution >= 4 is 11.7 Å². The quantitative estimate of drug-likeness (QED) is 0.819. The van der Waals surface area contributed by atoms with Crippen LogP contribution in [0.5, 0.6) is 5.75 Å². The van der Waals surface area contributed by atoms with Crippen LogP contribution >= 0.6 is 0 Å². The number of aromatic nitrogens is 1. The number of benzene rings is 1. The summed E-state index contributed by atoms with van der Waals surface area (Å²) < 4.78 is 10.1. The summed E-state index contributed by atoms with van der Waals surface area (Å²) in [6, 6.07) is 9.53. The summed E-state index contributed by atoms with van der Waals surface area (Å²) in [6.07, 6.45) is 0. The molecule has 112 valence electrons. The van der Waals surface area contributed by atoms with Crippen molar-refractivity contribution in [3.05, 3.63) is 41.7 Å². The number of quaternary nitrogens is 1. The first-order valence-electron chi connectivity index (χ1n) is 6.74. The van der Waals surface area contributed by atoms with Crippen LogP contribution in [0.4, 0.5) is 5.82 Å². The summed E-state index contributed by atoms with van der Waals surface area (Å²) in [5.41, 5.74) is 1.12. The Kier molecular flexibility index (Phi) is 4.94. The van der Waals surface area contributed by atoms with Crippen molar-refractivity contribution in [1.29, 1.82) is 0 Å². The summed E-state index contributed by atoms with van der Waals surface area (Å²) in [7, 11) is 3.61. The number of likely N-dealkylation sites (N-methyl/N-ethyl adjacent to an activating group) is 1. The van der Waals surface area contributed by atoms with Gasteiger partial charge in [-0.25, -0.2) is 0 Å². The Bertz CT molecular complexity index is 610. The van der Waals surface area contributed by atoms with Crippen LogP contribution in [0.25, 0.3) is 0 Å². The van der Waals surface area contributed by atoms with Crippen LogP contribution in [-0.2, 0) is 11.3 Å². The van der Waals surface area contributed by atoms with Crippen molar-refractivity contribution in [2.24, 2.45) is 0 Å². The smallest absolute Gasteiger partial charge is 0.280 e. The summed E-state index contributed by atoms with van der Waals surface area (Å²) in [5.74, 6) is 1.85. The molecule has 0 bridgehead atoms. The molecule has 0 spiro atoms. The third-order valence-corrected chi connectivity index (χ3v) is 3.00. The lowest BCUT2D eigenvalue weighted by atomic mass is 10.2. The number of aryl methyl sites for hydroxylation is 1. The van der Waals surface area contributed by atoms with Gasteiger partial charge in [0.15, 0.2) is 12.4 Å². The molecule has 1 unspecified atom stereocenters. The molecule has 0 radical (unpaired) electrons. The van der Waals surface area contributed by atoms with E-state index in [2.05, 4.69) is 10.5 Å². The number of nitrogens with one attached hydrogen (secondary N) is 2. The Labute approximate surface area is 123 Å². The molecule has 6 nitrogen and oxygen atoms in total. The molecule has 2 rings (SSSR count). The number of carbonyl (C=O) groups is 1. The standard InChI is InChI=1S/C15H19N3O3/c1-11-7-14(17-21-11)16-15(19)10-18(2)9-12-5-4-6-13(8-12)20-3/h4-8H,9-10H2,1-3H3,(H,16,17,19)/p+1. The van der Waals surface area contributed by atoms with Crippen LogP contribution < -0.4 is 15.0 Å². The topological polar surface area (TPSA) is 68.8 Å². The second kappa shape index (κ2) is 6.90. The molecular formula is C15H20N3O3+. The van der Waals surface area contributed by atoms with Crippen LogP contribution in [0.3, 0.4) is 0 Å². The molecule has 0 aliphatic carbocycles. The van der Waals surface area contributed by atoms with E-state index in [1.807, 2.05) is 31.3 Å². The fourth-order valence-corrected chi connectivity index (χ4v) is 2.08. The first kappa shape index (κ1) is 15.1. The molecule has 21 heavy (non-hydrogen) atoms. The number of amides is 1. The molecule has 0 saturated carbocycles. The zero-order valence-corrected chi connectivity index (χ0v) is 12.5. The average Bonchev–Trinajstić information content (AvgIpc) is 2.83. The Hall–Kier alpha value is -2.34. The predicted octanol–water partition coefficient (Wildman–Crippen LogP) is 0.645. The summed E-state index contributed by atoms with van der Waals surface area (Å²) >= 11 is 0. The van der Waals surface area contributed by atoms with Crippen LogP contribution in [0.1, 0.15) is 11.3 Å². The van der Waals surface area contributed by atoms with Crippen molar-refractivity contribution in [3.63, 3.8) is 0 Å². The van der Waals surface area contributed by atoms with Gasteiger partial charge in [-0.2, -0.15) is 0 Å². The van der Waals surface area contributed by atoms with Crippen LogP contribution in [0, 0.1) is 6.92 Å².